The van der Waals surface area contributed by atoms with Gasteiger partial charge in [-0.05, 0) is 156 Å². The van der Waals surface area contributed by atoms with Crippen LogP contribution in [0.1, 0.15) is 84.2 Å². The Kier molecular flexibility index (Phi) is 16.4. The molecule has 0 bridgehead atoms. The lowest BCUT2D eigenvalue weighted by molar-refractivity contribution is 0.0501. The van der Waals surface area contributed by atoms with E-state index in [-0.39, 0.29) is 101 Å². The molecule has 2 aliphatic rings. The molecule has 15 nitrogen and oxygen atoms in total. The number of hydrogen-bond acceptors (Lipinski definition) is 13. The summed E-state index contributed by atoms with van der Waals surface area (Å²) in [6.45, 7) is 9.85. The highest BCUT2D eigenvalue weighted by atomic mass is 79.9. The maximum atomic E-state index is 14.8. The number of carbonyl (C=O) groups is 2. The number of anilines is 2. The van der Waals surface area contributed by atoms with Crippen LogP contribution in [0.25, 0.3) is 22.5 Å². The van der Waals surface area contributed by atoms with Crippen LogP contribution >= 0.6 is 15.9 Å². The lowest BCUT2D eigenvalue weighted by Gasteiger charge is -2.46. The van der Waals surface area contributed by atoms with Crippen LogP contribution in [0.15, 0.2) is 89.7 Å². The number of carbonyl (C=O) groups excluding carboxylic acids is 2. The molecule has 2 aliphatic carbocycles. The molecule has 4 aromatic heterocycles. The normalized spacial score (nSPS) is 19.0. The third-order valence-electron chi connectivity index (χ3n) is 12.2. The Morgan fingerprint density at radius 1 is 0.627 bits per heavy atom. The molecule has 8 rings (SSSR count). The van der Waals surface area contributed by atoms with Crippen molar-refractivity contribution in [3.63, 3.8) is 0 Å². The molecule has 2 saturated carbocycles. The zero-order valence-electron chi connectivity index (χ0n) is 42.1. The Hall–Kier alpha value is -7.41. The number of nitrogens with zero attached hydrogens (tertiary/aromatic N) is 9. The smallest absolute Gasteiger partial charge is 0.416 e. The van der Waals surface area contributed by atoms with E-state index < -0.39 is 69.8 Å². The van der Waals surface area contributed by atoms with Crippen molar-refractivity contribution in [1.29, 1.82) is 5.26 Å². The molecular weight excluding hydrogens is 1050 g/mol. The zero-order valence-corrected chi connectivity index (χ0v) is 43.7. The van der Waals surface area contributed by atoms with E-state index in [1.54, 1.807) is 41.5 Å². The Labute approximate surface area is 437 Å². The predicted molar refractivity (Wildman–Crippen MR) is 268 cm³/mol. The van der Waals surface area contributed by atoms with Crippen molar-refractivity contribution < 1.29 is 54.9 Å². The Morgan fingerprint density at radius 3 is 1.39 bits per heavy atom. The predicted octanol–water partition coefficient (Wildman–Crippen LogP) is 11.9. The Bertz CT molecular complexity index is 3090. The fraction of sp³-hybridized carbons (Fsp3) is 0.377. The zero-order chi connectivity index (χ0) is 54.6. The van der Waals surface area contributed by atoms with E-state index in [1.165, 1.54) is 98.2 Å². The van der Waals surface area contributed by atoms with Gasteiger partial charge in [0, 0.05) is 36.3 Å². The molecule has 0 aliphatic heterocycles. The Balaban J connectivity index is 0.000000219. The summed E-state index contributed by atoms with van der Waals surface area (Å²) in [5.41, 5.74) is -3.44. The highest BCUT2D eigenvalue weighted by molar-refractivity contribution is 9.10. The minimum atomic E-state index is -1.19. The molecule has 0 unspecified atom stereocenters. The summed E-state index contributed by atoms with van der Waals surface area (Å²) >= 11 is 3.33. The topological polar surface area (TPSA) is 179 Å². The number of methoxy groups -OCH3 is 2. The minimum Gasteiger partial charge on any atom is -0.495 e. The summed E-state index contributed by atoms with van der Waals surface area (Å²) in [4.78, 5) is 37.2. The molecule has 0 radical (unpaired) electrons. The quantitative estimate of drug-likeness (QED) is 0.106. The second-order valence-corrected chi connectivity index (χ2v) is 20.8. The molecule has 2 fully saturated rings. The van der Waals surface area contributed by atoms with Gasteiger partial charge in [-0.25, -0.2) is 35.9 Å². The van der Waals surface area contributed by atoms with Crippen LogP contribution in [0.5, 0.6) is 11.5 Å². The molecule has 0 N–H and O–H groups in total. The van der Waals surface area contributed by atoms with Crippen LogP contribution < -0.4 is 19.3 Å². The molecule has 0 atom stereocenters. The summed E-state index contributed by atoms with van der Waals surface area (Å²) in [6, 6.07) is 18.3. The fourth-order valence-corrected chi connectivity index (χ4v) is 9.41. The first-order valence-corrected chi connectivity index (χ1v) is 24.2. The number of nitriles is 1. The van der Waals surface area contributed by atoms with Gasteiger partial charge in [0.1, 0.15) is 64.4 Å². The summed E-state index contributed by atoms with van der Waals surface area (Å²) < 4.78 is 109. The SMILES string of the molecule is COc1c(Br)ccc(F)c1-c1ccc(N(C[C@]2(c3ncccc3F)C[C@@H](F)C2)C(=O)OC(C)(C)C)nn1.COc1c(C#N)ccc(F)c1-c1ccc(N(C[C@]2(c3ncccc3F)C[C@@H](F)C2)C(=O)OC(C)(C)C)nn1. The number of hydrogen-bond donors (Lipinski definition) is 0. The second kappa shape index (κ2) is 22.2. The molecule has 4 heterocycles. The molecular formula is C53H52BrF6N9O6. The van der Waals surface area contributed by atoms with Crippen molar-refractivity contribution in [2.45, 2.75) is 102 Å². The average Bonchev–Trinajstić information content (AvgIpc) is 3.33. The van der Waals surface area contributed by atoms with Crippen LogP contribution in [0.2, 0.25) is 0 Å². The van der Waals surface area contributed by atoms with E-state index in [9.17, 15) is 41.2 Å². The van der Waals surface area contributed by atoms with E-state index in [0.29, 0.717) is 4.47 Å². The number of pyridine rings is 2. The standard InChI is InChI=1S/C27H26F3N5O3.C26H26BrF3N4O3/c1-26(2,3)38-25(36)35(15-27(12-17(28)13-27)24-19(30)6-5-11-32-24)21-10-9-20(33-34-21)22-18(29)8-7-16(14-31)23(22)37-4;1-25(2,3)37-24(35)34(14-26(12-15(28)13-26)23-18(30)6-5-11-31-23)20-10-9-19(32-33-20)21-17(29)8-7-16(27)22(21)36-4/h5-11,17H,12-13,15H2,1-4H3;5-11,15H,12-14H2,1-4H3/t17-,27+;15-,26+. The van der Waals surface area contributed by atoms with E-state index in [2.05, 4.69) is 46.3 Å². The summed E-state index contributed by atoms with van der Waals surface area (Å²) in [5, 5.41) is 25.8. The van der Waals surface area contributed by atoms with Crippen molar-refractivity contribution in [2.75, 3.05) is 37.1 Å². The molecule has 394 valence electrons. The van der Waals surface area contributed by atoms with E-state index >= 15 is 0 Å². The van der Waals surface area contributed by atoms with Gasteiger partial charge in [-0.1, -0.05) is 0 Å². The molecule has 0 saturated heterocycles. The van der Waals surface area contributed by atoms with Gasteiger partial charge in [-0.3, -0.25) is 19.8 Å². The van der Waals surface area contributed by atoms with E-state index in [0.717, 1.165) is 11.0 Å². The van der Waals surface area contributed by atoms with Crippen LogP contribution in [-0.2, 0) is 20.3 Å². The number of amides is 2. The molecule has 2 aromatic carbocycles. The van der Waals surface area contributed by atoms with Gasteiger partial charge < -0.3 is 18.9 Å². The second-order valence-electron chi connectivity index (χ2n) is 20.0. The highest BCUT2D eigenvalue weighted by Gasteiger charge is 2.52. The minimum absolute atomic E-state index is 0.00779. The Morgan fingerprint density at radius 2 is 1.04 bits per heavy atom. The number of alkyl halides is 2. The molecule has 22 heteroatoms. The highest BCUT2D eigenvalue weighted by Crippen LogP contribution is 2.48. The maximum absolute atomic E-state index is 14.8. The van der Waals surface area contributed by atoms with Crippen LogP contribution in [0.4, 0.5) is 47.6 Å². The van der Waals surface area contributed by atoms with Crippen molar-refractivity contribution in [3.05, 3.63) is 130 Å². The van der Waals surface area contributed by atoms with Gasteiger partial charge in [0.05, 0.1) is 58.2 Å². The first kappa shape index (κ1) is 55.3. The number of benzene rings is 2. The molecule has 0 spiro atoms. The fourth-order valence-electron chi connectivity index (χ4n) is 8.91. The van der Waals surface area contributed by atoms with Crippen LogP contribution in [0.3, 0.4) is 0 Å². The monoisotopic (exact) mass is 1100 g/mol. The third kappa shape index (κ3) is 12.3. The van der Waals surface area contributed by atoms with Gasteiger partial charge >= 0.3 is 12.2 Å². The van der Waals surface area contributed by atoms with Gasteiger partial charge in [-0.2, -0.15) is 5.26 Å². The van der Waals surface area contributed by atoms with Gasteiger partial charge in [0.2, 0.25) is 0 Å². The van der Waals surface area contributed by atoms with E-state index in [4.69, 9.17) is 18.9 Å². The van der Waals surface area contributed by atoms with Crippen LogP contribution in [0, 0.1) is 34.6 Å². The first-order valence-electron chi connectivity index (χ1n) is 23.4. The van der Waals surface area contributed by atoms with Crippen LogP contribution in [-0.4, -0.2) is 93.4 Å². The number of halogens is 7. The molecule has 2 amide bonds. The van der Waals surface area contributed by atoms with Crippen molar-refractivity contribution in [2.24, 2.45) is 0 Å². The van der Waals surface area contributed by atoms with Crippen molar-refractivity contribution >= 4 is 39.8 Å². The molecule has 75 heavy (non-hydrogen) atoms. The lowest BCUT2D eigenvalue weighted by atomic mass is 9.64. The van der Waals surface area contributed by atoms with Gasteiger partial charge in [0.25, 0.3) is 0 Å². The number of ether oxygens (including phenoxy) is 4. The maximum Gasteiger partial charge on any atom is 0.416 e. The summed E-state index contributed by atoms with van der Waals surface area (Å²) in [5.74, 6) is -2.12. The third-order valence-corrected chi connectivity index (χ3v) is 12.8. The van der Waals surface area contributed by atoms with E-state index in [1.807, 2.05) is 6.07 Å². The number of rotatable bonds is 12. The van der Waals surface area contributed by atoms with Crippen molar-refractivity contribution in [3.8, 4) is 40.1 Å². The summed E-state index contributed by atoms with van der Waals surface area (Å²) in [7, 11) is 2.71. The largest absolute Gasteiger partial charge is 0.495 e. The number of aromatic nitrogens is 6. The van der Waals surface area contributed by atoms with Gasteiger partial charge in [-0.15, -0.1) is 20.4 Å². The lowest BCUT2D eigenvalue weighted by Crippen LogP contribution is -2.54. The van der Waals surface area contributed by atoms with Crippen molar-refractivity contribution in [1.82, 2.24) is 30.4 Å². The molecule has 6 aromatic rings. The van der Waals surface area contributed by atoms with Gasteiger partial charge in [0.15, 0.2) is 11.6 Å². The first-order chi connectivity index (χ1) is 35.4. The average molecular weight is 1100 g/mol. The summed E-state index contributed by atoms with van der Waals surface area (Å²) in [6.07, 6.45) is -1.21.